The van der Waals surface area contributed by atoms with E-state index in [2.05, 4.69) is 9.44 Å². The maximum Gasteiger partial charge on any atom is 0.265 e. The van der Waals surface area contributed by atoms with Crippen molar-refractivity contribution in [2.75, 3.05) is 29.8 Å². The van der Waals surface area contributed by atoms with E-state index < -0.39 is 52.8 Å². The molecule has 3 rings (SSSR count). The van der Waals surface area contributed by atoms with E-state index in [4.69, 9.17) is 14.2 Å². The molecule has 0 aliphatic carbocycles. The summed E-state index contributed by atoms with van der Waals surface area (Å²) in [5.74, 6) is -2.40. The quantitative estimate of drug-likeness (QED) is 0.369. The highest BCUT2D eigenvalue weighted by Crippen LogP contribution is 2.32. The highest BCUT2D eigenvalue weighted by Gasteiger charge is 2.26. The summed E-state index contributed by atoms with van der Waals surface area (Å²) in [7, 11) is -7.82. The standard InChI is InChI=1S/C23H24F2N2O7S2/c1-4-33-19-10-6-8-16(22(19)24)26-35(28,29)15-12-13-18(32-3)21(14-15)36(30,31)27-17-9-7-11-20(23(17)25)34-5-2/h6-14,26-27H,4-5H2,1-3H3. The van der Waals surface area contributed by atoms with Gasteiger partial charge in [0.25, 0.3) is 20.0 Å². The second-order valence-electron chi connectivity index (χ2n) is 7.13. The van der Waals surface area contributed by atoms with Crippen LogP contribution in [0.15, 0.2) is 64.4 Å². The monoisotopic (exact) mass is 542 g/mol. The first-order chi connectivity index (χ1) is 17.0. The van der Waals surface area contributed by atoms with Crippen LogP contribution in [0.4, 0.5) is 20.2 Å². The maximum atomic E-state index is 14.7. The highest BCUT2D eigenvalue weighted by atomic mass is 32.2. The van der Waals surface area contributed by atoms with Crippen molar-refractivity contribution < 1.29 is 39.8 Å². The van der Waals surface area contributed by atoms with Gasteiger partial charge in [0.1, 0.15) is 10.6 Å². The summed E-state index contributed by atoms with van der Waals surface area (Å²) in [6.45, 7) is 3.60. The van der Waals surface area contributed by atoms with E-state index in [-0.39, 0.29) is 30.5 Å². The van der Waals surface area contributed by atoms with Crippen LogP contribution in [0.25, 0.3) is 0 Å². The molecule has 3 aromatic carbocycles. The third kappa shape index (κ3) is 5.79. The van der Waals surface area contributed by atoms with E-state index >= 15 is 0 Å². The Labute approximate surface area is 208 Å². The van der Waals surface area contributed by atoms with E-state index in [1.54, 1.807) is 13.8 Å². The first-order valence-corrected chi connectivity index (χ1v) is 13.6. The van der Waals surface area contributed by atoms with E-state index in [1.807, 2.05) is 0 Å². The summed E-state index contributed by atoms with van der Waals surface area (Å²) < 4.78 is 101. The Bertz CT molecular complexity index is 1460. The molecule has 36 heavy (non-hydrogen) atoms. The molecule has 0 aromatic heterocycles. The number of anilines is 2. The molecule has 3 aromatic rings. The molecule has 0 unspecified atom stereocenters. The number of halogens is 2. The molecule has 0 fully saturated rings. The predicted molar refractivity (Wildman–Crippen MR) is 130 cm³/mol. The van der Waals surface area contributed by atoms with Crippen molar-refractivity contribution in [3.05, 3.63) is 66.2 Å². The first kappa shape index (κ1) is 27.0. The van der Waals surface area contributed by atoms with Gasteiger partial charge in [-0.1, -0.05) is 12.1 Å². The zero-order chi connectivity index (χ0) is 26.5. The van der Waals surface area contributed by atoms with Gasteiger partial charge in [-0.05, 0) is 56.3 Å². The van der Waals surface area contributed by atoms with Gasteiger partial charge in [-0.2, -0.15) is 0 Å². The largest absolute Gasteiger partial charge is 0.495 e. The molecular formula is C23H24F2N2O7S2. The molecule has 9 nitrogen and oxygen atoms in total. The number of rotatable bonds is 11. The Morgan fingerprint density at radius 2 is 1.22 bits per heavy atom. The average molecular weight is 543 g/mol. The van der Waals surface area contributed by atoms with E-state index in [0.717, 1.165) is 18.2 Å². The molecule has 0 radical (unpaired) electrons. The van der Waals surface area contributed by atoms with Gasteiger partial charge in [0.15, 0.2) is 23.1 Å². The molecule has 0 heterocycles. The summed E-state index contributed by atoms with van der Waals surface area (Å²) in [5.41, 5.74) is -0.807. The number of ether oxygens (including phenoxy) is 3. The SMILES string of the molecule is CCOc1cccc(NS(=O)(=O)c2ccc(OC)c(S(=O)(=O)Nc3cccc(OCC)c3F)c2)c1F. The van der Waals surface area contributed by atoms with Crippen molar-refractivity contribution in [3.63, 3.8) is 0 Å². The zero-order valence-electron chi connectivity index (χ0n) is 19.5. The predicted octanol–water partition coefficient (Wildman–Crippen LogP) is 4.37. The Balaban J connectivity index is 2.00. The Morgan fingerprint density at radius 1 is 0.722 bits per heavy atom. The van der Waals surface area contributed by atoms with Crippen molar-refractivity contribution in [1.29, 1.82) is 0 Å². The van der Waals surface area contributed by atoms with Gasteiger partial charge in [0, 0.05) is 0 Å². The smallest absolute Gasteiger partial charge is 0.265 e. The second-order valence-corrected chi connectivity index (χ2v) is 10.5. The number of hydrogen-bond donors (Lipinski definition) is 2. The fourth-order valence-corrected chi connectivity index (χ4v) is 5.57. The molecule has 0 bridgehead atoms. The van der Waals surface area contributed by atoms with Crippen molar-refractivity contribution in [3.8, 4) is 17.2 Å². The molecule has 13 heteroatoms. The topological polar surface area (TPSA) is 120 Å². The Hall–Kier alpha value is -3.58. The molecule has 0 atom stereocenters. The minimum atomic E-state index is -4.55. The van der Waals surface area contributed by atoms with Crippen LogP contribution in [-0.2, 0) is 20.0 Å². The average Bonchev–Trinajstić information content (AvgIpc) is 2.84. The van der Waals surface area contributed by atoms with Crippen LogP contribution < -0.4 is 23.7 Å². The molecule has 0 amide bonds. The van der Waals surface area contributed by atoms with Crippen LogP contribution in [0, 0.1) is 11.6 Å². The maximum absolute atomic E-state index is 14.7. The lowest BCUT2D eigenvalue weighted by molar-refractivity contribution is 0.322. The van der Waals surface area contributed by atoms with Crippen LogP contribution in [0.3, 0.4) is 0 Å². The van der Waals surface area contributed by atoms with Crippen LogP contribution >= 0.6 is 0 Å². The lowest BCUT2D eigenvalue weighted by Gasteiger charge is -2.15. The highest BCUT2D eigenvalue weighted by molar-refractivity contribution is 7.93. The minimum absolute atomic E-state index is 0.155. The van der Waals surface area contributed by atoms with Crippen LogP contribution in [0.2, 0.25) is 0 Å². The molecule has 2 N–H and O–H groups in total. The number of nitrogens with one attached hydrogen (secondary N) is 2. The fourth-order valence-electron chi connectivity index (χ4n) is 3.15. The number of hydrogen-bond acceptors (Lipinski definition) is 7. The van der Waals surface area contributed by atoms with Gasteiger partial charge in [-0.3, -0.25) is 9.44 Å². The fraction of sp³-hybridized carbons (Fsp3) is 0.217. The Kier molecular flexibility index (Phi) is 8.25. The zero-order valence-corrected chi connectivity index (χ0v) is 21.2. The van der Waals surface area contributed by atoms with E-state index in [9.17, 15) is 25.6 Å². The molecule has 194 valence electrons. The molecule has 0 saturated carbocycles. The normalized spacial score (nSPS) is 11.6. The third-order valence-electron chi connectivity index (χ3n) is 4.75. The lowest BCUT2D eigenvalue weighted by Crippen LogP contribution is -2.18. The Morgan fingerprint density at radius 3 is 1.69 bits per heavy atom. The molecule has 0 aliphatic rings. The third-order valence-corrected chi connectivity index (χ3v) is 7.50. The van der Waals surface area contributed by atoms with Crippen LogP contribution in [-0.4, -0.2) is 37.2 Å². The summed E-state index contributed by atoms with van der Waals surface area (Å²) in [5, 5.41) is 0. The second kappa shape index (κ2) is 11.0. The van der Waals surface area contributed by atoms with Gasteiger partial charge >= 0.3 is 0 Å². The van der Waals surface area contributed by atoms with Crippen molar-refractivity contribution >= 4 is 31.4 Å². The molecule has 0 saturated heterocycles. The van der Waals surface area contributed by atoms with Gasteiger partial charge in [-0.25, -0.2) is 25.6 Å². The molecule has 0 spiro atoms. The van der Waals surface area contributed by atoms with Crippen LogP contribution in [0.5, 0.6) is 17.2 Å². The van der Waals surface area contributed by atoms with E-state index in [0.29, 0.717) is 0 Å². The number of benzene rings is 3. The molecule has 0 aliphatic heterocycles. The van der Waals surface area contributed by atoms with E-state index in [1.165, 1.54) is 43.5 Å². The van der Waals surface area contributed by atoms with Crippen LogP contribution in [0.1, 0.15) is 13.8 Å². The van der Waals surface area contributed by atoms with Gasteiger partial charge in [-0.15, -0.1) is 0 Å². The van der Waals surface area contributed by atoms with Gasteiger partial charge in [0.05, 0.1) is 36.6 Å². The minimum Gasteiger partial charge on any atom is -0.495 e. The van der Waals surface area contributed by atoms with Gasteiger partial charge < -0.3 is 14.2 Å². The number of methoxy groups -OCH3 is 1. The lowest BCUT2D eigenvalue weighted by atomic mass is 10.3. The summed E-state index contributed by atoms with van der Waals surface area (Å²) in [4.78, 5) is -1.09. The first-order valence-electron chi connectivity index (χ1n) is 10.6. The van der Waals surface area contributed by atoms with Crippen molar-refractivity contribution in [1.82, 2.24) is 0 Å². The van der Waals surface area contributed by atoms with Crippen molar-refractivity contribution in [2.24, 2.45) is 0 Å². The summed E-state index contributed by atoms with van der Waals surface area (Å²) in [6, 6.07) is 10.8. The van der Waals surface area contributed by atoms with Crippen molar-refractivity contribution in [2.45, 2.75) is 23.6 Å². The molecular weight excluding hydrogens is 518 g/mol. The number of sulfonamides is 2. The summed E-state index contributed by atoms with van der Waals surface area (Å²) in [6.07, 6.45) is 0. The summed E-state index contributed by atoms with van der Waals surface area (Å²) >= 11 is 0. The van der Waals surface area contributed by atoms with Gasteiger partial charge in [0.2, 0.25) is 0 Å².